The van der Waals surface area contributed by atoms with E-state index in [1.165, 1.54) is 6.08 Å². The van der Waals surface area contributed by atoms with Crippen molar-refractivity contribution >= 4 is 11.9 Å². The van der Waals surface area contributed by atoms with E-state index in [1.54, 1.807) is 0 Å². The average molecular weight is 186 g/mol. The van der Waals surface area contributed by atoms with Gasteiger partial charge in [-0.05, 0) is 6.42 Å². The van der Waals surface area contributed by atoms with Crippen molar-refractivity contribution in [1.82, 2.24) is 0 Å². The monoisotopic (exact) mass is 186 g/mol. The fourth-order valence-corrected chi connectivity index (χ4v) is 0.621. The summed E-state index contributed by atoms with van der Waals surface area (Å²) in [4.78, 5) is 20.8. The zero-order chi connectivity index (χ0) is 10.1. The number of carbonyl (C=O) groups excluding carboxylic acids is 1. The molecule has 13 heavy (non-hydrogen) atoms. The van der Waals surface area contributed by atoms with E-state index < -0.39 is 11.9 Å². The van der Waals surface area contributed by atoms with Crippen LogP contribution in [0, 0.1) is 0 Å². The van der Waals surface area contributed by atoms with Gasteiger partial charge in [-0.25, -0.2) is 4.79 Å². The smallest absolute Gasteiger partial charge is 0.330 e. The molecule has 0 radical (unpaired) electrons. The summed E-state index contributed by atoms with van der Waals surface area (Å²) in [7, 11) is 0. The number of aliphatic carboxylic acids is 1. The van der Waals surface area contributed by atoms with Gasteiger partial charge in [0.1, 0.15) is 0 Å². The molecule has 0 aromatic heterocycles. The Morgan fingerprint density at radius 2 is 2.15 bits per heavy atom. The number of carbonyl (C=O) groups is 2. The van der Waals surface area contributed by atoms with Crippen molar-refractivity contribution in [2.75, 3.05) is 6.61 Å². The molecule has 0 aliphatic heterocycles. The van der Waals surface area contributed by atoms with Crippen LogP contribution in [-0.4, -0.2) is 23.7 Å². The first-order valence-corrected chi connectivity index (χ1v) is 4.22. The molecule has 0 saturated carbocycles. The van der Waals surface area contributed by atoms with E-state index in [0.717, 1.165) is 18.9 Å². The van der Waals surface area contributed by atoms with Crippen molar-refractivity contribution in [3.05, 3.63) is 12.2 Å². The lowest BCUT2D eigenvalue weighted by molar-refractivity contribution is -0.137. The summed E-state index contributed by atoms with van der Waals surface area (Å²) < 4.78 is 4.75. The highest BCUT2D eigenvalue weighted by molar-refractivity contribution is 5.82. The summed E-state index contributed by atoms with van der Waals surface area (Å²) in [5, 5.41) is 8.24. The quantitative estimate of drug-likeness (QED) is 0.386. The van der Waals surface area contributed by atoms with Crippen molar-refractivity contribution < 1.29 is 19.4 Å². The molecule has 0 aromatic carbocycles. The second-order valence-corrected chi connectivity index (χ2v) is 2.52. The molecule has 4 heteroatoms. The van der Waals surface area contributed by atoms with Gasteiger partial charge in [0.2, 0.25) is 0 Å². The van der Waals surface area contributed by atoms with Gasteiger partial charge in [0.15, 0.2) is 0 Å². The van der Waals surface area contributed by atoms with Crippen LogP contribution in [0.3, 0.4) is 0 Å². The van der Waals surface area contributed by atoms with Gasteiger partial charge >= 0.3 is 11.9 Å². The molecule has 74 valence electrons. The molecular formula is C9H14O4. The second kappa shape index (κ2) is 7.34. The molecule has 0 aliphatic rings. The van der Waals surface area contributed by atoms with Gasteiger partial charge in [-0.3, -0.25) is 4.79 Å². The summed E-state index contributed by atoms with van der Waals surface area (Å²) in [6.07, 6.45) is 4.06. The van der Waals surface area contributed by atoms with Gasteiger partial charge < -0.3 is 9.84 Å². The summed E-state index contributed by atoms with van der Waals surface area (Å²) in [6, 6.07) is 0. The molecule has 4 nitrogen and oxygen atoms in total. The molecule has 0 unspecified atom stereocenters. The fraction of sp³-hybridized carbons (Fsp3) is 0.556. The molecule has 0 aromatic rings. The van der Waals surface area contributed by atoms with Crippen molar-refractivity contribution in [3.63, 3.8) is 0 Å². The standard InChI is InChI=1S/C9H14O4/c1-2-3-7-13-9(12)6-4-5-8(10)11/h4,6H,2-3,5,7H2,1H3,(H,10,11). The van der Waals surface area contributed by atoms with Crippen molar-refractivity contribution in [2.45, 2.75) is 26.2 Å². The van der Waals surface area contributed by atoms with Crippen LogP contribution < -0.4 is 0 Å². The minimum atomic E-state index is -0.961. The predicted molar refractivity (Wildman–Crippen MR) is 47.3 cm³/mol. The molecule has 0 amide bonds. The van der Waals surface area contributed by atoms with Crippen molar-refractivity contribution in [3.8, 4) is 0 Å². The molecule has 0 fully saturated rings. The molecule has 0 atom stereocenters. The van der Waals surface area contributed by atoms with Crippen molar-refractivity contribution in [2.24, 2.45) is 0 Å². The molecule has 0 spiro atoms. The van der Waals surface area contributed by atoms with E-state index in [-0.39, 0.29) is 6.42 Å². The van der Waals surface area contributed by atoms with E-state index in [9.17, 15) is 9.59 Å². The third-order valence-electron chi connectivity index (χ3n) is 1.29. The Morgan fingerprint density at radius 3 is 2.69 bits per heavy atom. The predicted octanol–water partition coefficient (Wildman–Crippen LogP) is 1.36. The first-order chi connectivity index (χ1) is 6.16. The van der Waals surface area contributed by atoms with Gasteiger partial charge in [0, 0.05) is 6.08 Å². The number of hydrogen-bond donors (Lipinski definition) is 1. The lowest BCUT2D eigenvalue weighted by Gasteiger charge is -1.98. The molecule has 0 bridgehead atoms. The zero-order valence-corrected chi connectivity index (χ0v) is 7.66. The molecule has 1 N–H and O–H groups in total. The molecule has 0 saturated heterocycles. The number of ether oxygens (including phenoxy) is 1. The number of carboxylic acids is 1. The van der Waals surface area contributed by atoms with Crippen LogP contribution >= 0.6 is 0 Å². The summed E-state index contributed by atoms with van der Waals surface area (Å²) in [6.45, 7) is 2.39. The fourth-order valence-electron chi connectivity index (χ4n) is 0.621. The Balaban J connectivity index is 3.49. The zero-order valence-electron chi connectivity index (χ0n) is 7.66. The highest BCUT2D eigenvalue weighted by Gasteiger charge is 1.96. The van der Waals surface area contributed by atoms with E-state index in [0.29, 0.717) is 6.61 Å². The Morgan fingerprint density at radius 1 is 1.46 bits per heavy atom. The van der Waals surface area contributed by atoms with Crippen LogP contribution in [0.2, 0.25) is 0 Å². The highest BCUT2D eigenvalue weighted by atomic mass is 16.5. The second-order valence-electron chi connectivity index (χ2n) is 2.52. The molecule has 0 aliphatic carbocycles. The SMILES string of the molecule is CCCCOC(=O)C=CCC(=O)O. The van der Waals surface area contributed by atoms with Crippen LogP contribution in [0.15, 0.2) is 12.2 Å². The first-order valence-electron chi connectivity index (χ1n) is 4.22. The lowest BCUT2D eigenvalue weighted by atomic mass is 10.3. The van der Waals surface area contributed by atoms with Gasteiger partial charge in [0.25, 0.3) is 0 Å². The van der Waals surface area contributed by atoms with E-state index in [2.05, 4.69) is 0 Å². The number of carboxylic acid groups (broad SMARTS) is 1. The third-order valence-corrected chi connectivity index (χ3v) is 1.29. The molecular weight excluding hydrogens is 172 g/mol. The van der Waals surface area contributed by atoms with Crippen molar-refractivity contribution in [1.29, 1.82) is 0 Å². The maximum Gasteiger partial charge on any atom is 0.330 e. The van der Waals surface area contributed by atoms with Gasteiger partial charge in [-0.15, -0.1) is 0 Å². The maximum atomic E-state index is 10.8. The number of hydrogen-bond acceptors (Lipinski definition) is 3. The number of unbranched alkanes of at least 4 members (excludes halogenated alkanes) is 1. The van der Waals surface area contributed by atoms with Gasteiger partial charge in [-0.2, -0.15) is 0 Å². The normalized spacial score (nSPS) is 10.2. The van der Waals surface area contributed by atoms with E-state index in [1.807, 2.05) is 6.92 Å². The van der Waals surface area contributed by atoms with Gasteiger partial charge in [-0.1, -0.05) is 19.4 Å². The van der Waals surface area contributed by atoms with Crippen LogP contribution in [-0.2, 0) is 14.3 Å². The summed E-state index contributed by atoms with van der Waals surface area (Å²) in [5.41, 5.74) is 0. The Bertz CT molecular complexity index is 196. The largest absolute Gasteiger partial charge is 0.481 e. The van der Waals surface area contributed by atoms with Gasteiger partial charge in [0.05, 0.1) is 13.0 Å². The first kappa shape index (κ1) is 11.7. The minimum Gasteiger partial charge on any atom is -0.481 e. The van der Waals surface area contributed by atoms with Crippen LogP contribution in [0.4, 0.5) is 0 Å². The lowest BCUT2D eigenvalue weighted by Crippen LogP contribution is -2.02. The number of rotatable bonds is 6. The Hall–Kier alpha value is -1.32. The van der Waals surface area contributed by atoms with Crippen LogP contribution in [0.5, 0.6) is 0 Å². The topological polar surface area (TPSA) is 63.6 Å². The Labute approximate surface area is 77.2 Å². The molecule has 0 heterocycles. The van der Waals surface area contributed by atoms with E-state index in [4.69, 9.17) is 9.84 Å². The third kappa shape index (κ3) is 8.59. The average Bonchev–Trinajstić information content (AvgIpc) is 2.04. The van der Waals surface area contributed by atoms with E-state index >= 15 is 0 Å². The minimum absolute atomic E-state index is 0.150. The molecule has 0 rings (SSSR count). The highest BCUT2D eigenvalue weighted by Crippen LogP contribution is 1.90. The van der Waals surface area contributed by atoms with Crippen LogP contribution in [0.25, 0.3) is 0 Å². The summed E-state index contributed by atoms with van der Waals surface area (Å²) >= 11 is 0. The number of esters is 1. The summed E-state index contributed by atoms with van der Waals surface area (Å²) in [5.74, 6) is -1.44. The maximum absolute atomic E-state index is 10.8. The van der Waals surface area contributed by atoms with Crippen LogP contribution in [0.1, 0.15) is 26.2 Å². The Kier molecular flexibility index (Phi) is 6.59.